The van der Waals surface area contributed by atoms with Crippen LogP contribution in [0.25, 0.3) is 0 Å². The maximum Gasteiger partial charge on any atom is 0.224 e. The number of nitrogens with zero attached hydrogens (tertiary/aromatic N) is 1. The van der Waals surface area contributed by atoms with Gasteiger partial charge in [-0.25, -0.2) is 0 Å². The summed E-state index contributed by atoms with van der Waals surface area (Å²) in [6.45, 7) is 10.1. The van der Waals surface area contributed by atoms with Gasteiger partial charge in [-0.3, -0.25) is 4.79 Å². The molecule has 0 spiro atoms. The molecule has 1 heterocycles. The van der Waals surface area contributed by atoms with Gasteiger partial charge in [0.25, 0.3) is 0 Å². The molecule has 0 aliphatic carbocycles. The van der Waals surface area contributed by atoms with Crippen LogP contribution in [-0.2, 0) is 9.53 Å². The van der Waals surface area contributed by atoms with Gasteiger partial charge in [0, 0.05) is 31.8 Å². The van der Waals surface area contributed by atoms with Crippen molar-refractivity contribution in [3.63, 3.8) is 0 Å². The molecule has 1 aliphatic rings. The zero-order chi connectivity index (χ0) is 12.0. The van der Waals surface area contributed by atoms with Crippen molar-refractivity contribution in [3.05, 3.63) is 0 Å². The molecule has 1 rings (SSSR count). The fraction of sp³-hybridized carbons (Fsp3) is 0.917. The van der Waals surface area contributed by atoms with Gasteiger partial charge in [-0.2, -0.15) is 0 Å². The SMILES string of the molecule is CCCOCCC(=O)N1CCNC(C)(C)C1. The summed E-state index contributed by atoms with van der Waals surface area (Å²) < 4.78 is 5.33. The lowest BCUT2D eigenvalue weighted by Crippen LogP contribution is -2.58. The molecule has 0 aromatic carbocycles. The fourth-order valence-corrected chi connectivity index (χ4v) is 1.92. The number of nitrogens with one attached hydrogen (secondary N) is 1. The zero-order valence-electron chi connectivity index (χ0n) is 10.7. The van der Waals surface area contributed by atoms with Crippen molar-refractivity contribution in [1.82, 2.24) is 10.2 Å². The Morgan fingerprint density at radius 1 is 1.44 bits per heavy atom. The van der Waals surface area contributed by atoms with Crippen LogP contribution in [0.15, 0.2) is 0 Å². The largest absolute Gasteiger partial charge is 0.381 e. The summed E-state index contributed by atoms with van der Waals surface area (Å²) in [7, 11) is 0. The van der Waals surface area contributed by atoms with Gasteiger partial charge < -0.3 is 15.0 Å². The van der Waals surface area contributed by atoms with Gasteiger partial charge in [0.15, 0.2) is 0 Å². The molecular weight excluding hydrogens is 204 g/mol. The summed E-state index contributed by atoms with van der Waals surface area (Å²) in [4.78, 5) is 13.8. The van der Waals surface area contributed by atoms with E-state index in [0.717, 1.165) is 32.7 Å². The van der Waals surface area contributed by atoms with Crippen molar-refractivity contribution >= 4 is 5.91 Å². The molecule has 4 nitrogen and oxygen atoms in total. The second kappa shape index (κ2) is 6.21. The summed E-state index contributed by atoms with van der Waals surface area (Å²) in [5.41, 5.74) is 0.0399. The maximum absolute atomic E-state index is 11.9. The van der Waals surface area contributed by atoms with Crippen LogP contribution >= 0.6 is 0 Å². The van der Waals surface area contributed by atoms with Crippen LogP contribution in [0, 0.1) is 0 Å². The molecule has 0 aromatic rings. The first-order chi connectivity index (χ1) is 7.55. The van der Waals surface area contributed by atoms with Crippen LogP contribution in [0.1, 0.15) is 33.6 Å². The first-order valence-corrected chi connectivity index (χ1v) is 6.16. The van der Waals surface area contributed by atoms with Crippen molar-refractivity contribution in [3.8, 4) is 0 Å². The van der Waals surface area contributed by atoms with Crippen LogP contribution in [0.3, 0.4) is 0 Å². The Kier molecular flexibility index (Phi) is 5.22. The minimum atomic E-state index is 0.0399. The average Bonchev–Trinajstić information content (AvgIpc) is 2.22. The van der Waals surface area contributed by atoms with Crippen molar-refractivity contribution in [2.45, 2.75) is 39.2 Å². The molecule has 0 aromatic heterocycles. The van der Waals surface area contributed by atoms with Crippen LogP contribution in [0.4, 0.5) is 0 Å². The molecule has 4 heteroatoms. The van der Waals surface area contributed by atoms with E-state index >= 15 is 0 Å². The predicted octanol–water partition coefficient (Wildman–Crippen LogP) is 1.01. The third-order valence-electron chi connectivity index (χ3n) is 2.73. The highest BCUT2D eigenvalue weighted by Crippen LogP contribution is 2.11. The van der Waals surface area contributed by atoms with Crippen molar-refractivity contribution < 1.29 is 9.53 Å². The second-order valence-electron chi connectivity index (χ2n) is 4.99. The third-order valence-corrected chi connectivity index (χ3v) is 2.73. The molecule has 1 amide bonds. The third kappa shape index (κ3) is 4.49. The summed E-state index contributed by atoms with van der Waals surface area (Å²) in [6.07, 6.45) is 1.52. The van der Waals surface area contributed by atoms with Gasteiger partial charge in [-0.1, -0.05) is 6.92 Å². The summed E-state index contributed by atoms with van der Waals surface area (Å²) in [6, 6.07) is 0. The van der Waals surface area contributed by atoms with Gasteiger partial charge >= 0.3 is 0 Å². The Bertz CT molecular complexity index is 229. The smallest absolute Gasteiger partial charge is 0.224 e. The van der Waals surface area contributed by atoms with E-state index in [2.05, 4.69) is 26.1 Å². The molecule has 1 saturated heterocycles. The Labute approximate surface area is 98.3 Å². The highest BCUT2D eigenvalue weighted by Gasteiger charge is 2.27. The first-order valence-electron chi connectivity index (χ1n) is 6.16. The van der Waals surface area contributed by atoms with Gasteiger partial charge in [-0.05, 0) is 20.3 Å². The average molecular weight is 228 g/mol. The van der Waals surface area contributed by atoms with Crippen LogP contribution in [0.5, 0.6) is 0 Å². The van der Waals surface area contributed by atoms with Crippen molar-refractivity contribution in [2.24, 2.45) is 0 Å². The quantitative estimate of drug-likeness (QED) is 0.714. The van der Waals surface area contributed by atoms with E-state index in [4.69, 9.17) is 4.74 Å². The highest BCUT2D eigenvalue weighted by molar-refractivity contribution is 5.76. The number of hydrogen-bond acceptors (Lipinski definition) is 3. The Balaban J connectivity index is 2.25. The normalized spacial score (nSPS) is 19.8. The fourth-order valence-electron chi connectivity index (χ4n) is 1.92. The van der Waals surface area contributed by atoms with Gasteiger partial charge in [-0.15, -0.1) is 0 Å². The van der Waals surface area contributed by atoms with Crippen molar-refractivity contribution in [2.75, 3.05) is 32.8 Å². The maximum atomic E-state index is 11.9. The number of amides is 1. The van der Waals surface area contributed by atoms with Gasteiger partial charge in [0.1, 0.15) is 0 Å². The first kappa shape index (κ1) is 13.5. The minimum Gasteiger partial charge on any atom is -0.381 e. The lowest BCUT2D eigenvalue weighted by atomic mass is 10.0. The van der Waals surface area contributed by atoms with E-state index in [1.807, 2.05) is 4.90 Å². The summed E-state index contributed by atoms with van der Waals surface area (Å²) in [5, 5.41) is 3.39. The zero-order valence-corrected chi connectivity index (χ0v) is 10.7. The Morgan fingerprint density at radius 2 is 2.19 bits per heavy atom. The molecule has 0 atom stereocenters. The number of piperazine rings is 1. The highest BCUT2D eigenvalue weighted by atomic mass is 16.5. The molecule has 1 aliphatic heterocycles. The van der Waals surface area contributed by atoms with Crippen LogP contribution in [-0.4, -0.2) is 49.2 Å². The van der Waals surface area contributed by atoms with Gasteiger partial charge in [0.05, 0.1) is 13.0 Å². The minimum absolute atomic E-state index is 0.0399. The van der Waals surface area contributed by atoms with Crippen molar-refractivity contribution in [1.29, 1.82) is 0 Å². The molecule has 16 heavy (non-hydrogen) atoms. The van der Waals surface area contributed by atoms with Crippen LogP contribution < -0.4 is 5.32 Å². The van der Waals surface area contributed by atoms with Crippen LogP contribution in [0.2, 0.25) is 0 Å². The van der Waals surface area contributed by atoms with E-state index in [1.165, 1.54) is 0 Å². The number of ether oxygens (including phenoxy) is 1. The summed E-state index contributed by atoms with van der Waals surface area (Å²) >= 11 is 0. The Hall–Kier alpha value is -0.610. The number of hydrogen-bond donors (Lipinski definition) is 1. The van der Waals surface area contributed by atoms with E-state index in [9.17, 15) is 4.79 Å². The second-order valence-corrected chi connectivity index (χ2v) is 4.99. The van der Waals surface area contributed by atoms with E-state index in [0.29, 0.717) is 13.0 Å². The molecule has 1 N–H and O–H groups in total. The molecule has 0 radical (unpaired) electrons. The lowest BCUT2D eigenvalue weighted by molar-refractivity contribution is -0.134. The molecule has 0 bridgehead atoms. The van der Waals surface area contributed by atoms with Gasteiger partial charge in [0.2, 0.25) is 5.91 Å². The summed E-state index contributed by atoms with van der Waals surface area (Å²) in [5.74, 6) is 0.214. The van der Waals surface area contributed by atoms with E-state index in [1.54, 1.807) is 0 Å². The predicted molar refractivity (Wildman–Crippen MR) is 64.4 cm³/mol. The number of carbonyl (C=O) groups is 1. The molecular formula is C12H24N2O2. The molecule has 94 valence electrons. The number of rotatable bonds is 5. The van der Waals surface area contributed by atoms with E-state index in [-0.39, 0.29) is 11.4 Å². The topological polar surface area (TPSA) is 41.6 Å². The Morgan fingerprint density at radius 3 is 2.81 bits per heavy atom. The lowest BCUT2D eigenvalue weighted by Gasteiger charge is -2.39. The van der Waals surface area contributed by atoms with E-state index < -0.39 is 0 Å². The molecule has 0 unspecified atom stereocenters. The molecule has 0 saturated carbocycles. The molecule has 1 fully saturated rings. The monoisotopic (exact) mass is 228 g/mol. The standard InChI is InChI=1S/C12H24N2O2/c1-4-8-16-9-5-11(15)14-7-6-13-12(2,3)10-14/h13H,4-10H2,1-3H3. The number of carbonyl (C=O) groups excluding carboxylic acids is 1.